The lowest BCUT2D eigenvalue weighted by Crippen LogP contribution is -2.50. The van der Waals surface area contributed by atoms with Gasteiger partial charge in [0.15, 0.2) is 5.82 Å². The molecule has 2 aromatic heterocycles. The summed E-state index contributed by atoms with van der Waals surface area (Å²) in [7, 11) is 1.74. The number of aromatic nitrogens is 5. The molecule has 12 nitrogen and oxygen atoms in total. The van der Waals surface area contributed by atoms with Gasteiger partial charge >= 0.3 is 0 Å². The van der Waals surface area contributed by atoms with Crippen LogP contribution in [0, 0.1) is 0 Å². The third-order valence-electron chi connectivity index (χ3n) is 6.55. The monoisotopic (exact) mass is 539 g/mol. The van der Waals surface area contributed by atoms with Crippen LogP contribution in [0.4, 0.5) is 11.4 Å². The second-order valence-corrected chi connectivity index (χ2v) is 9.42. The summed E-state index contributed by atoms with van der Waals surface area (Å²) in [6, 6.07) is 19.7. The lowest BCUT2D eigenvalue weighted by molar-refractivity contribution is -0.114. The van der Waals surface area contributed by atoms with Gasteiger partial charge in [0.25, 0.3) is 11.8 Å². The quantitative estimate of drug-likeness (QED) is 0.365. The predicted molar refractivity (Wildman–Crippen MR) is 147 cm³/mol. The third-order valence-corrected chi connectivity index (χ3v) is 6.55. The summed E-state index contributed by atoms with van der Waals surface area (Å²) < 4.78 is 0. The van der Waals surface area contributed by atoms with E-state index in [1.165, 1.54) is 24.0 Å². The molecule has 1 unspecified atom stereocenters. The van der Waals surface area contributed by atoms with Crippen molar-refractivity contribution in [3.8, 4) is 0 Å². The zero-order valence-corrected chi connectivity index (χ0v) is 22.2. The Morgan fingerprint density at radius 2 is 1.55 bits per heavy atom. The highest BCUT2D eigenvalue weighted by molar-refractivity contribution is 6.05. The van der Waals surface area contributed by atoms with Gasteiger partial charge in [-0.05, 0) is 47.2 Å². The van der Waals surface area contributed by atoms with Crippen molar-refractivity contribution in [3.05, 3.63) is 95.6 Å². The van der Waals surface area contributed by atoms with Crippen molar-refractivity contribution in [2.45, 2.75) is 13.0 Å². The van der Waals surface area contributed by atoms with E-state index in [-0.39, 0.29) is 29.5 Å². The summed E-state index contributed by atoms with van der Waals surface area (Å²) in [6.45, 7) is 3.62. The Hall–Kier alpha value is -4.97. The fraction of sp³-hybridized carbons (Fsp3) is 0.250. The maximum Gasteiger partial charge on any atom is 0.272 e. The van der Waals surface area contributed by atoms with Gasteiger partial charge in [-0.1, -0.05) is 30.3 Å². The van der Waals surface area contributed by atoms with Crippen LogP contribution >= 0.6 is 0 Å². The number of pyridine rings is 1. The first kappa shape index (κ1) is 26.6. The lowest BCUT2D eigenvalue weighted by Gasteiger charge is -2.38. The van der Waals surface area contributed by atoms with Crippen LogP contribution in [-0.2, 0) is 11.8 Å². The highest BCUT2D eigenvalue weighted by atomic mass is 16.2. The Bertz CT molecular complexity index is 1500. The van der Waals surface area contributed by atoms with Crippen LogP contribution in [0.2, 0.25) is 0 Å². The molecule has 1 saturated heterocycles. The van der Waals surface area contributed by atoms with E-state index in [1.807, 2.05) is 30.3 Å². The van der Waals surface area contributed by atoms with Crippen LogP contribution in [-0.4, -0.2) is 78.9 Å². The van der Waals surface area contributed by atoms with E-state index in [2.05, 4.69) is 35.9 Å². The average molecular weight is 540 g/mol. The number of carbonyl (C=O) groups excluding carboxylic acids is 3. The van der Waals surface area contributed by atoms with Crippen molar-refractivity contribution in [2.75, 3.05) is 36.8 Å². The molecule has 0 radical (unpaired) electrons. The molecule has 0 bridgehead atoms. The average Bonchev–Trinajstić information content (AvgIpc) is 3.40. The lowest BCUT2D eigenvalue weighted by atomic mass is 10.0. The second kappa shape index (κ2) is 11.8. The van der Waals surface area contributed by atoms with Gasteiger partial charge in [-0.25, -0.2) is 0 Å². The Labute approximate surface area is 231 Å². The number of hydrogen-bond donors (Lipinski definition) is 2. The van der Waals surface area contributed by atoms with Gasteiger partial charge in [0.1, 0.15) is 5.69 Å². The molecule has 0 aliphatic carbocycles. The minimum atomic E-state index is -0.365. The van der Waals surface area contributed by atoms with E-state index in [9.17, 15) is 14.4 Å². The van der Waals surface area contributed by atoms with Gasteiger partial charge < -0.3 is 15.5 Å². The number of aryl methyl sites for hydroxylation is 1. The smallest absolute Gasteiger partial charge is 0.272 e. The summed E-state index contributed by atoms with van der Waals surface area (Å²) >= 11 is 0. The van der Waals surface area contributed by atoms with Crippen LogP contribution in [0.1, 0.15) is 45.2 Å². The van der Waals surface area contributed by atoms with E-state index in [4.69, 9.17) is 0 Å². The molecule has 1 aliphatic rings. The van der Waals surface area contributed by atoms with E-state index in [1.54, 1.807) is 42.3 Å². The molecular formula is C28H29N9O3. The van der Waals surface area contributed by atoms with E-state index >= 15 is 0 Å². The molecule has 2 N–H and O–H groups in total. The van der Waals surface area contributed by atoms with Gasteiger partial charge in [-0.2, -0.15) is 4.80 Å². The Kier molecular flexibility index (Phi) is 7.87. The Morgan fingerprint density at radius 3 is 2.17 bits per heavy atom. The first-order chi connectivity index (χ1) is 19.4. The molecular weight excluding hydrogens is 510 g/mol. The number of amides is 3. The van der Waals surface area contributed by atoms with Crippen molar-refractivity contribution >= 4 is 29.1 Å². The minimum absolute atomic E-state index is 0.175. The summed E-state index contributed by atoms with van der Waals surface area (Å²) in [4.78, 5) is 47.0. The van der Waals surface area contributed by atoms with Gasteiger partial charge in [-0.15, -0.1) is 10.2 Å². The van der Waals surface area contributed by atoms with Gasteiger partial charge in [0, 0.05) is 56.2 Å². The van der Waals surface area contributed by atoms with Crippen molar-refractivity contribution in [3.63, 3.8) is 0 Å². The molecule has 3 heterocycles. The first-order valence-corrected chi connectivity index (χ1v) is 12.8. The van der Waals surface area contributed by atoms with Crippen molar-refractivity contribution in [1.29, 1.82) is 0 Å². The van der Waals surface area contributed by atoms with Crippen molar-refractivity contribution in [1.82, 2.24) is 35.0 Å². The van der Waals surface area contributed by atoms with Crippen molar-refractivity contribution in [2.24, 2.45) is 7.05 Å². The second-order valence-electron chi connectivity index (χ2n) is 9.42. The Balaban J connectivity index is 1.23. The molecule has 1 fully saturated rings. The molecule has 40 heavy (non-hydrogen) atoms. The predicted octanol–water partition coefficient (Wildman–Crippen LogP) is 2.36. The van der Waals surface area contributed by atoms with Gasteiger partial charge in [0.05, 0.1) is 13.1 Å². The molecule has 12 heteroatoms. The number of carbonyl (C=O) groups is 3. The SMILES string of the molecule is CC(=O)Nc1ccc(NC(=O)c2ccnc(C(=O)N3CCN(C(c4ccccc4)c4nnn(C)n4)CC3)c2)cc1. The zero-order valence-electron chi connectivity index (χ0n) is 22.2. The number of nitrogens with zero attached hydrogens (tertiary/aromatic N) is 7. The summed E-state index contributed by atoms with van der Waals surface area (Å²) in [6.07, 6.45) is 1.46. The molecule has 4 aromatic rings. The van der Waals surface area contributed by atoms with Crippen LogP contribution in [0.15, 0.2) is 72.9 Å². The topological polar surface area (TPSA) is 138 Å². The minimum Gasteiger partial charge on any atom is -0.335 e. The number of rotatable bonds is 7. The molecule has 0 spiro atoms. The number of hydrogen-bond acceptors (Lipinski definition) is 8. The zero-order chi connectivity index (χ0) is 28.1. The molecule has 5 rings (SSSR count). The number of benzene rings is 2. The molecule has 1 atom stereocenters. The number of nitrogens with one attached hydrogen (secondary N) is 2. The molecule has 0 saturated carbocycles. The molecule has 1 aliphatic heterocycles. The highest BCUT2D eigenvalue weighted by Gasteiger charge is 2.31. The van der Waals surface area contributed by atoms with Gasteiger partial charge in [-0.3, -0.25) is 24.3 Å². The maximum atomic E-state index is 13.3. The molecule has 3 amide bonds. The van der Waals surface area contributed by atoms with Crippen LogP contribution in [0.3, 0.4) is 0 Å². The van der Waals surface area contributed by atoms with Crippen LogP contribution in [0.25, 0.3) is 0 Å². The number of tetrazole rings is 1. The Morgan fingerprint density at radius 1 is 0.875 bits per heavy atom. The van der Waals surface area contributed by atoms with Gasteiger partial charge in [0.2, 0.25) is 5.91 Å². The number of anilines is 2. The van der Waals surface area contributed by atoms with E-state index in [0.717, 1.165) is 5.56 Å². The summed E-state index contributed by atoms with van der Waals surface area (Å²) in [5.41, 5.74) is 2.77. The molecule has 2 aromatic carbocycles. The summed E-state index contributed by atoms with van der Waals surface area (Å²) in [5.74, 6) is -0.164. The normalized spacial score (nSPS) is 14.4. The molecule has 204 valence electrons. The maximum absolute atomic E-state index is 13.3. The fourth-order valence-corrected chi connectivity index (χ4v) is 4.64. The van der Waals surface area contributed by atoms with E-state index in [0.29, 0.717) is 48.9 Å². The highest BCUT2D eigenvalue weighted by Crippen LogP contribution is 2.27. The summed E-state index contributed by atoms with van der Waals surface area (Å²) in [5, 5.41) is 18.2. The third kappa shape index (κ3) is 6.18. The first-order valence-electron chi connectivity index (χ1n) is 12.8. The van der Waals surface area contributed by atoms with Crippen molar-refractivity contribution < 1.29 is 14.4 Å². The fourth-order valence-electron chi connectivity index (χ4n) is 4.64. The standard InChI is InChI=1S/C28H29N9O3/c1-19(38)30-22-8-10-23(11-9-22)31-27(39)21-12-13-29-24(18-21)28(40)37-16-14-36(15-17-37)25(20-6-4-3-5-7-20)26-32-34-35(2)33-26/h3-13,18,25H,14-17H2,1-2H3,(H,30,38)(H,31,39). The van der Waals surface area contributed by atoms with E-state index < -0.39 is 0 Å². The largest absolute Gasteiger partial charge is 0.335 e. The van der Waals surface area contributed by atoms with Crippen LogP contribution in [0.5, 0.6) is 0 Å². The number of piperazine rings is 1. The van der Waals surface area contributed by atoms with Crippen LogP contribution < -0.4 is 10.6 Å².